The van der Waals surface area contributed by atoms with E-state index in [1.807, 2.05) is 24.3 Å². The molecule has 0 aliphatic heterocycles. The van der Waals surface area contributed by atoms with Crippen LogP contribution in [0.4, 0.5) is 22.7 Å². The maximum absolute atomic E-state index is 6.60. The van der Waals surface area contributed by atoms with Gasteiger partial charge in [-0.05, 0) is 86.4 Å². The average Bonchev–Trinajstić information content (AvgIpc) is 3.31. The zero-order chi connectivity index (χ0) is 30.5. The van der Waals surface area contributed by atoms with Crippen LogP contribution in [-0.4, -0.2) is 0 Å². The van der Waals surface area contributed by atoms with Gasteiger partial charge in [0.05, 0.1) is 5.69 Å². The summed E-state index contributed by atoms with van der Waals surface area (Å²) in [5.41, 5.74) is 16.9. The third-order valence-electron chi connectivity index (χ3n) is 9.29. The normalized spacial score (nSPS) is 13.0. The van der Waals surface area contributed by atoms with Crippen molar-refractivity contribution in [2.45, 2.75) is 25.9 Å². The Labute approximate surface area is 264 Å². The quantitative estimate of drug-likeness (QED) is 0.157. The summed E-state index contributed by atoms with van der Waals surface area (Å²) in [6.45, 7) is 5.11. The summed E-state index contributed by atoms with van der Waals surface area (Å²) in [6, 6.07) is 51.6. The Kier molecular flexibility index (Phi) is 6.35. The molecule has 7 aromatic carbocycles. The Bertz CT molecular complexity index is 2200. The van der Waals surface area contributed by atoms with E-state index >= 15 is 0 Å². The third-order valence-corrected chi connectivity index (χ3v) is 9.29. The summed E-state index contributed by atoms with van der Waals surface area (Å²) >= 11 is 0. The summed E-state index contributed by atoms with van der Waals surface area (Å²) in [5.74, 6) is 0.724. The number of ether oxygens (including phenoxy) is 1. The Balaban J connectivity index is 1.30. The highest BCUT2D eigenvalue weighted by atomic mass is 16.5. The Morgan fingerprint density at radius 1 is 0.578 bits per heavy atom. The number of nitrogen functional groups attached to an aromatic ring is 1. The Hall–Kier alpha value is -5.54. The summed E-state index contributed by atoms with van der Waals surface area (Å²) in [4.78, 5) is 2.36. The minimum absolute atomic E-state index is 0.0909. The molecule has 0 heterocycles. The molecule has 0 saturated heterocycles. The lowest BCUT2D eigenvalue weighted by Crippen LogP contribution is -2.16. The van der Waals surface area contributed by atoms with Crippen LogP contribution < -0.4 is 15.4 Å². The minimum atomic E-state index is -0.0909. The molecule has 1 aliphatic carbocycles. The lowest BCUT2D eigenvalue weighted by atomic mass is 9.82. The molecule has 3 nitrogen and oxygen atoms in total. The first-order chi connectivity index (χ1) is 22.0. The Morgan fingerprint density at radius 3 is 2.02 bits per heavy atom. The first kappa shape index (κ1) is 27.0. The molecular weight excluding hydrogens is 548 g/mol. The number of benzene rings is 7. The number of hydrogen-bond donors (Lipinski definition) is 1. The van der Waals surface area contributed by atoms with E-state index in [1.54, 1.807) is 0 Å². The predicted molar refractivity (Wildman–Crippen MR) is 189 cm³/mol. The van der Waals surface area contributed by atoms with Crippen LogP contribution in [0.5, 0.6) is 5.75 Å². The Morgan fingerprint density at radius 2 is 1.20 bits per heavy atom. The highest BCUT2D eigenvalue weighted by Crippen LogP contribution is 2.51. The monoisotopic (exact) mass is 582 g/mol. The summed E-state index contributed by atoms with van der Waals surface area (Å²) < 4.78 is 6.48. The topological polar surface area (TPSA) is 38.5 Å². The number of para-hydroxylation sites is 1. The van der Waals surface area contributed by atoms with Gasteiger partial charge in [-0.15, -0.1) is 0 Å². The highest BCUT2D eigenvalue weighted by molar-refractivity contribution is 6.13. The molecule has 0 aromatic heterocycles. The maximum atomic E-state index is 6.60. The standard InChI is InChI=1S/C42H34N2O/c1-42(2)37-16-10-9-15-34(37)35-23-22-33(26-38(35)42)44(31-13-7-4-8-14-31)32-21-19-29-17-18-30-20-24-39(43)41(40(30)36(29)25-32)45-27-28-11-5-3-6-12-28/h3-26H,27,43H2,1-2H3. The van der Waals surface area contributed by atoms with Gasteiger partial charge in [0.25, 0.3) is 0 Å². The number of anilines is 4. The van der Waals surface area contributed by atoms with E-state index in [2.05, 4.69) is 140 Å². The molecule has 1 aliphatic rings. The van der Waals surface area contributed by atoms with Crippen molar-refractivity contribution in [1.82, 2.24) is 0 Å². The SMILES string of the molecule is CC1(C)c2ccccc2-c2ccc(N(c3ccccc3)c3ccc4ccc5ccc(N)c(OCc6ccccc6)c5c4c3)cc21. The van der Waals surface area contributed by atoms with E-state index in [4.69, 9.17) is 10.5 Å². The van der Waals surface area contributed by atoms with Crippen molar-refractivity contribution in [3.8, 4) is 16.9 Å². The number of fused-ring (bicyclic) bond motifs is 6. The van der Waals surface area contributed by atoms with Crippen molar-refractivity contribution in [1.29, 1.82) is 0 Å². The van der Waals surface area contributed by atoms with Gasteiger partial charge in [0.1, 0.15) is 6.61 Å². The zero-order valence-corrected chi connectivity index (χ0v) is 25.5. The van der Waals surface area contributed by atoms with Crippen LogP contribution in [0.25, 0.3) is 32.7 Å². The van der Waals surface area contributed by atoms with Crippen LogP contribution in [0.15, 0.2) is 146 Å². The minimum Gasteiger partial charge on any atom is -0.486 e. The molecule has 0 bridgehead atoms. The second kappa shape index (κ2) is 10.6. The van der Waals surface area contributed by atoms with Gasteiger partial charge >= 0.3 is 0 Å². The van der Waals surface area contributed by atoms with Crippen LogP contribution in [0.1, 0.15) is 30.5 Å². The van der Waals surface area contributed by atoms with Crippen LogP contribution in [0.2, 0.25) is 0 Å². The highest BCUT2D eigenvalue weighted by Gasteiger charge is 2.35. The molecule has 0 spiro atoms. The largest absolute Gasteiger partial charge is 0.486 e. The fourth-order valence-corrected chi connectivity index (χ4v) is 7.00. The third kappa shape index (κ3) is 4.51. The van der Waals surface area contributed by atoms with Gasteiger partial charge in [0.15, 0.2) is 5.75 Å². The van der Waals surface area contributed by atoms with Crippen molar-refractivity contribution < 1.29 is 4.74 Å². The molecule has 0 atom stereocenters. The lowest BCUT2D eigenvalue weighted by Gasteiger charge is -2.28. The van der Waals surface area contributed by atoms with Gasteiger partial charge in [-0.25, -0.2) is 0 Å². The molecular formula is C42H34N2O. The average molecular weight is 583 g/mol. The lowest BCUT2D eigenvalue weighted by molar-refractivity contribution is 0.312. The van der Waals surface area contributed by atoms with Crippen molar-refractivity contribution in [3.05, 3.63) is 162 Å². The first-order valence-electron chi connectivity index (χ1n) is 15.5. The molecule has 0 fully saturated rings. The number of nitrogens with two attached hydrogens (primary N) is 1. The van der Waals surface area contributed by atoms with Gasteiger partial charge in [-0.2, -0.15) is 0 Å². The summed E-state index contributed by atoms with van der Waals surface area (Å²) in [6.07, 6.45) is 0. The number of rotatable bonds is 6. The number of hydrogen-bond acceptors (Lipinski definition) is 3. The molecule has 0 saturated carbocycles. The molecule has 0 radical (unpaired) electrons. The summed E-state index contributed by atoms with van der Waals surface area (Å²) in [7, 11) is 0. The molecule has 8 rings (SSSR count). The van der Waals surface area contributed by atoms with Crippen LogP contribution in [0.3, 0.4) is 0 Å². The van der Waals surface area contributed by atoms with Crippen molar-refractivity contribution in [3.63, 3.8) is 0 Å². The fourth-order valence-electron chi connectivity index (χ4n) is 7.00. The van der Waals surface area contributed by atoms with Gasteiger partial charge in [0.2, 0.25) is 0 Å². The van der Waals surface area contributed by atoms with Gasteiger partial charge in [-0.3, -0.25) is 0 Å². The molecule has 2 N–H and O–H groups in total. The van der Waals surface area contributed by atoms with E-state index in [0.717, 1.165) is 49.9 Å². The van der Waals surface area contributed by atoms with Crippen LogP contribution in [-0.2, 0) is 12.0 Å². The molecule has 218 valence electrons. The van der Waals surface area contributed by atoms with E-state index < -0.39 is 0 Å². The molecule has 0 amide bonds. The smallest absolute Gasteiger partial charge is 0.151 e. The van der Waals surface area contributed by atoms with E-state index in [9.17, 15) is 0 Å². The van der Waals surface area contributed by atoms with Gasteiger partial charge in [0, 0.05) is 27.9 Å². The van der Waals surface area contributed by atoms with Crippen LogP contribution in [0, 0.1) is 0 Å². The van der Waals surface area contributed by atoms with Crippen molar-refractivity contribution in [2.24, 2.45) is 0 Å². The van der Waals surface area contributed by atoms with Gasteiger partial charge in [-0.1, -0.05) is 117 Å². The van der Waals surface area contributed by atoms with E-state index in [-0.39, 0.29) is 5.41 Å². The second-order valence-corrected chi connectivity index (χ2v) is 12.4. The summed E-state index contributed by atoms with van der Waals surface area (Å²) in [5, 5.41) is 4.37. The predicted octanol–water partition coefficient (Wildman–Crippen LogP) is 10.9. The van der Waals surface area contributed by atoms with Crippen molar-refractivity contribution >= 4 is 44.3 Å². The number of nitrogens with zero attached hydrogens (tertiary/aromatic N) is 1. The van der Waals surface area contributed by atoms with E-state index in [1.165, 1.54) is 22.3 Å². The van der Waals surface area contributed by atoms with Crippen molar-refractivity contribution in [2.75, 3.05) is 10.6 Å². The van der Waals surface area contributed by atoms with E-state index in [0.29, 0.717) is 12.3 Å². The first-order valence-corrected chi connectivity index (χ1v) is 15.5. The molecule has 0 unspecified atom stereocenters. The molecule has 45 heavy (non-hydrogen) atoms. The molecule has 7 aromatic rings. The molecule has 3 heteroatoms. The zero-order valence-electron chi connectivity index (χ0n) is 25.5. The van der Waals surface area contributed by atoms with Gasteiger partial charge < -0.3 is 15.4 Å². The second-order valence-electron chi connectivity index (χ2n) is 12.4. The van der Waals surface area contributed by atoms with Crippen LogP contribution >= 0.6 is 0 Å². The fraction of sp³-hybridized carbons (Fsp3) is 0.0952. The maximum Gasteiger partial charge on any atom is 0.151 e.